The Morgan fingerprint density at radius 1 is 1.02 bits per heavy atom. The van der Waals surface area contributed by atoms with Crippen molar-refractivity contribution in [1.29, 1.82) is 0 Å². The average Bonchev–Trinajstić information content (AvgIpc) is 2.86. The monoisotopic (exact) mass is 561 g/mol. The molecular formula is C28H43N5O7. The first-order valence-corrected chi connectivity index (χ1v) is 13.1. The Balaban J connectivity index is 3.10. The summed E-state index contributed by atoms with van der Waals surface area (Å²) in [5, 5.41) is 6.12. The van der Waals surface area contributed by atoms with Crippen molar-refractivity contribution in [2.24, 2.45) is 11.7 Å². The Kier molecular flexibility index (Phi) is 13.8. The van der Waals surface area contributed by atoms with Gasteiger partial charge in [0.2, 0.25) is 11.8 Å². The highest BCUT2D eigenvalue weighted by Crippen LogP contribution is 2.15. The highest BCUT2D eigenvalue weighted by molar-refractivity contribution is 5.94. The highest BCUT2D eigenvalue weighted by atomic mass is 16.6. The number of nitrogens with zero attached hydrogens (tertiary/aromatic N) is 1. The average molecular weight is 562 g/mol. The summed E-state index contributed by atoms with van der Waals surface area (Å²) in [7, 11) is 0. The molecule has 222 valence electrons. The predicted molar refractivity (Wildman–Crippen MR) is 149 cm³/mol. The van der Waals surface area contributed by atoms with Crippen LogP contribution in [-0.2, 0) is 35.3 Å². The van der Waals surface area contributed by atoms with Gasteiger partial charge in [0.15, 0.2) is 0 Å². The van der Waals surface area contributed by atoms with Crippen molar-refractivity contribution in [1.82, 2.24) is 21.1 Å². The quantitative estimate of drug-likeness (QED) is 0.199. The van der Waals surface area contributed by atoms with E-state index in [-0.39, 0.29) is 31.9 Å². The number of nitrogens with two attached hydrogens (primary N) is 1. The summed E-state index contributed by atoms with van der Waals surface area (Å²) in [6.07, 6.45) is -0.652. The molecule has 0 unspecified atom stereocenters. The molecule has 0 aliphatic rings. The Morgan fingerprint density at radius 3 is 2.17 bits per heavy atom. The molecule has 3 atom stereocenters. The number of hydrazine groups is 1. The Hall–Kier alpha value is -3.93. The number of ether oxygens (including phenoxy) is 2. The minimum absolute atomic E-state index is 0.00757. The normalized spacial score (nSPS) is 13.4. The van der Waals surface area contributed by atoms with E-state index in [1.54, 1.807) is 39.8 Å². The molecule has 0 saturated carbocycles. The molecule has 0 spiro atoms. The van der Waals surface area contributed by atoms with Crippen LogP contribution in [0.4, 0.5) is 4.79 Å². The molecule has 0 radical (unpaired) electrons. The number of amides is 5. The van der Waals surface area contributed by atoms with Crippen LogP contribution in [0.3, 0.4) is 0 Å². The van der Waals surface area contributed by atoms with Gasteiger partial charge >= 0.3 is 6.09 Å². The van der Waals surface area contributed by atoms with Crippen LogP contribution in [0, 0.1) is 5.92 Å². The molecule has 40 heavy (non-hydrogen) atoms. The van der Waals surface area contributed by atoms with Gasteiger partial charge < -0.3 is 25.8 Å². The summed E-state index contributed by atoms with van der Waals surface area (Å²) >= 11 is 0. The summed E-state index contributed by atoms with van der Waals surface area (Å²) < 4.78 is 11.2. The number of hydrogen-bond acceptors (Lipinski definition) is 7. The summed E-state index contributed by atoms with van der Waals surface area (Å²) in [6.45, 7) is 14.0. The van der Waals surface area contributed by atoms with E-state index in [0.29, 0.717) is 0 Å². The van der Waals surface area contributed by atoms with Crippen molar-refractivity contribution in [3.8, 4) is 0 Å². The van der Waals surface area contributed by atoms with Crippen LogP contribution in [0.15, 0.2) is 43.0 Å². The minimum Gasteiger partial charge on any atom is -0.445 e. The number of benzene rings is 1. The van der Waals surface area contributed by atoms with Crippen molar-refractivity contribution in [2.75, 3.05) is 6.54 Å². The number of rotatable bonds is 14. The molecule has 0 fully saturated rings. The van der Waals surface area contributed by atoms with Crippen LogP contribution in [-0.4, -0.2) is 65.1 Å². The topological polar surface area (TPSA) is 169 Å². The second kappa shape index (κ2) is 16.2. The molecule has 1 aromatic carbocycles. The molecule has 0 heterocycles. The maximum atomic E-state index is 13.5. The lowest BCUT2D eigenvalue weighted by molar-refractivity contribution is -0.141. The van der Waals surface area contributed by atoms with Crippen molar-refractivity contribution in [3.05, 3.63) is 48.6 Å². The third-order valence-electron chi connectivity index (χ3n) is 5.39. The van der Waals surface area contributed by atoms with Crippen LogP contribution in [0.2, 0.25) is 0 Å². The first-order valence-electron chi connectivity index (χ1n) is 13.1. The standard InChI is InChI=1S/C28H43N5O7/c1-8-23(35)33(15-14-22(29)34)32-25(36)21(16-18(2)3)30-26(37)24(19(4)40-28(5,6)7)31-27(38)39-17-20-12-10-9-11-13-20/h8-13,18-19,21,24H,1,14-17H2,2-7H3,(H2,29,34)(H,30,37)(H,31,38)(H,32,36)/t19-,21+,24+/m1/s1. The molecule has 0 aliphatic heterocycles. The number of primary amides is 1. The van der Waals surface area contributed by atoms with Gasteiger partial charge in [0.05, 0.1) is 18.2 Å². The van der Waals surface area contributed by atoms with Gasteiger partial charge in [-0.2, -0.15) is 0 Å². The third kappa shape index (κ3) is 13.2. The van der Waals surface area contributed by atoms with Gasteiger partial charge in [-0.05, 0) is 51.7 Å². The predicted octanol–water partition coefficient (Wildman–Crippen LogP) is 1.94. The van der Waals surface area contributed by atoms with Gasteiger partial charge in [-0.3, -0.25) is 24.6 Å². The molecule has 5 N–H and O–H groups in total. The van der Waals surface area contributed by atoms with E-state index in [1.807, 2.05) is 32.0 Å². The van der Waals surface area contributed by atoms with E-state index in [0.717, 1.165) is 16.6 Å². The van der Waals surface area contributed by atoms with E-state index < -0.39 is 53.5 Å². The first-order chi connectivity index (χ1) is 18.6. The largest absolute Gasteiger partial charge is 0.445 e. The SMILES string of the molecule is C=CC(=O)N(CCC(N)=O)NC(=O)[C@H](CC(C)C)NC(=O)[C@@H](NC(=O)OCc1ccccc1)[C@@H](C)OC(C)(C)C. The Labute approximate surface area is 236 Å². The summed E-state index contributed by atoms with van der Waals surface area (Å²) in [5.41, 5.74) is 7.72. The lowest BCUT2D eigenvalue weighted by Gasteiger charge is -2.32. The number of nitrogens with one attached hydrogen (secondary N) is 3. The van der Waals surface area contributed by atoms with Crippen LogP contribution in [0.1, 0.15) is 59.9 Å². The van der Waals surface area contributed by atoms with Crippen molar-refractivity contribution < 1.29 is 33.4 Å². The zero-order chi connectivity index (χ0) is 30.5. The van der Waals surface area contributed by atoms with Gasteiger partial charge in [0.25, 0.3) is 11.8 Å². The fourth-order valence-corrected chi connectivity index (χ4v) is 3.64. The van der Waals surface area contributed by atoms with Gasteiger partial charge in [-0.25, -0.2) is 9.80 Å². The number of carbonyl (C=O) groups is 5. The third-order valence-corrected chi connectivity index (χ3v) is 5.39. The zero-order valence-electron chi connectivity index (χ0n) is 24.2. The van der Waals surface area contributed by atoms with Crippen molar-refractivity contribution in [3.63, 3.8) is 0 Å². The van der Waals surface area contributed by atoms with E-state index in [9.17, 15) is 24.0 Å². The number of alkyl carbamates (subject to hydrolysis) is 1. The van der Waals surface area contributed by atoms with E-state index in [1.165, 1.54) is 0 Å². The minimum atomic E-state index is -1.22. The molecular weight excluding hydrogens is 518 g/mol. The van der Waals surface area contributed by atoms with Gasteiger partial charge in [-0.1, -0.05) is 50.8 Å². The van der Waals surface area contributed by atoms with Crippen LogP contribution < -0.4 is 21.8 Å². The smallest absolute Gasteiger partial charge is 0.408 e. The van der Waals surface area contributed by atoms with Crippen LogP contribution in [0.25, 0.3) is 0 Å². The van der Waals surface area contributed by atoms with E-state index in [2.05, 4.69) is 22.6 Å². The molecule has 1 aromatic rings. The molecule has 12 heteroatoms. The van der Waals surface area contributed by atoms with Gasteiger partial charge in [0.1, 0.15) is 18.7 Å². The number of hydrogen-bond donors (Lipinski definition) is 4. The number of carbonyl (C=O) groups excluding carboxylic acids is 5. The van der Waals surface area contributed by atoms with Crippen LogP contribution >= 0.6 is 0 Å². The van der Waals surface area contributed by atoms with E-state index >= 15 is 0 Å². The Morgan fingerprint density at radius 2 is 1.65 bits per heavy atom. The fourth-order valence-electron chi connectivity index (χ4n) is 3.64. The molecule has 12 nitrogen and oxygen atoms in total. The lowest BCUT2D eigenvalue weighted by Crippen LogP contribution is -2.60. The molecule has 0 saturated heterocycles. The van der Waals surface area contributed by atoms with E-state index in [4.69, 9.17) is 15.2 Å². The van der Waals surface area contributed by atoms with Crippen molar-refractivity contribution >= 4 is 29.7 Å². The fraction of sp³-hybridized carbons (Fsp3) is 0.536. The molecule has 5 amide bonds. The van der Waals surface area contributed by atoms with Gasteiger partial charge in [-0.15, -0.1) is 0 Å². The summed E-state index contributed by atoms with van der Waals surface area (Å²) in [4.78, 5) is 62.7. The summed E-state index contributed by atoms with van der Waals surface area (Å²) in [6, 6.07) is 6.73. The maximum Gasteiger partial charge on any atom is 0.408 e. The first kappa shape index (κ1) is 34.1. The van der Waals surface area contributed by atoms with Crippen LogP contribution in [0.5, 0.6) is 0 Å². The molecule has 0 bridgehead atoms. The Bertz CT molecular complexity index is 1020. The highest BCUT2D eigenvalue weighted by Gasteiger charge is 2.34. The van der Waals surface area contributed by atoms with Gasteiger partial charge in [0, 0.05) is 6.42 Å². The second-order valence-corrected chi connectivity index (χ2v) is 10.7. The maximum absolute atomic E-state index is 13.5. The molecule has 0 aromatic heterocycles. The lowest BCUT2D eigenvalue weighted by atomic mass is 10.0. The second-order valence-electron chi connectivity index (χ2n) is 10.7. The summed E-state index contributed by atoms with van der Waals surface area (Å²) in [5.74, 6) is -2.73. The molecule has 0 aliphatic carbocycles. The molecule has 1 rings (SSSR count). The zero-order valence-corrected chi connectivity index (χ0v) is 24.2. The van der Waals surface area contributed by atoms with Crippen molar-refractivity contribution in [2.45, 2.75) is 84.8 Å².